The Bertz CT molecular complexity index is 1070. The summed E-state index contributed by atoms with van der Waals surface area (Å²) in [6, 6.07) is 5.02. The number of methoxy groups -OCH3 is 2. The van der Waals surface area contributed by atoms with E-state index in [4.69, 9.17) is 15.2 Å². The molecule has 0 bridgehead atoms. The third-order valence-corrected chi connectivity index (χ3v) is 7.01. The van der Waals surface area contributed by atoms with Gasteiger partial charge in [-0.05, 0) is 42.9 Å². The molecule has 0 radical (unpaired) electrons. The van der Waals surface area contributed by atoms with Gasteiger partial charge >= 0.3 is 0 Å². The molecular weight excluding hydrogens is 482 g/mol. The lowest BCUT2D eigenvalue weighted by atomic mass is 9.95. The van der Waals surface area contributed by atoms with Crippen molar-refractivity contribution in [3.63, 3.8) is 0 Å². The summed E-state index contributed by atoms with van der Waals surface area (Å²) in [5.41, 5.74) is 6.66. The number of nitrogens with two attached hydrogens (primary N) is 1. The summed E-state index contributed by atoms with van der Waals surface area (Å²) in [6.07, 6.45) is 6.89. The maximum Gasteiger partial charge on any atom is 0.273 e. The number of carbonyl (C=O) groups is 3. The zero-order valence-electron chi connectivity index (χ0n) is 21.1. The molecule has 0 unspecified atom stereocenters. The van der Waals surface area contributed by atoms with E-state index in [0.717, 1.165) is 50.1 Å². The number of hydrogen-bond donors (Lipinski definition) is 3. The highest BCUT2D eigenvalue weighted by Crippen LogP contribution is 2.34. The summed E-state index contributed by atoms with van der Waals surface area (Å²) in [7, 11) is 2.99. The van der Waals surface area contributed by atoms with Gasteiger partial charge in [-0.2, -0.15) is 4.37 Å². The van der Waals surface area contributed by atoms with Crippen molar-refractivity contribution < 1.29 is 23.9 Å². The SMILES string of the molecule is CCCCNC(=O)CN(C(=O)c1snc(C(=O)NC2CCCCC2)c1N)c1ccc(OC)cc1OC. The fourth-order valence-electron chi connectivity index (χ4n) is 4.12. The van der Waals surface area contributed by atoms with Gasteiger partial charge in [-0.25, -0.2) is 0 Å². The number of unbranched alkanes of at least 4 members (excludes halogenated alkanes) is 1. The van der Waals surface area contributed by atoms with Crippen LogP contribution in [0.25, 0.3) is 0 Å². The lowest BCUT2D eigenvalue weighted by Gasteiger charge is -2.24. The molecule has 2 aromatic rings. The first-order valence-corrected chi connectivity index (χ1v) is 13.0. The summed E-state index contributed by atoms with van der Waals surface area (Å²) in [4.78, 5) is 40.6. The van der Waals surface area contributed by atoms with Crippen LogP contribution in [-0.4, -0.2) is 55.4 Å². The summed E-state index contributed by atoms with van der Waals surface area (Å²) in [5, 5.41) is 5.81. The second-order valence-electron chi connectivity index (χ2n) is 8.71. The number of nitrogens with zero attached hydrogens (tertiary/aromatic N) is 2. The number of anilines is 2. The van der Waals surface area contributed by atoms with E-state index in [9.17, 15) is 14.4 Å². The average Bonchev–Trinajstić information content (AvgIpc) is 3.28. The zero-order chi connectivity index (χ0) is 26.1. The molecule has 3 amide bonds. The van der Waals surface area contributed by atoms with Crippen LogP contribution in [0.15, 0.2) is 18.2 Å². The minimum Gasteiger partial charge on any atom is -0.497 e. The van der Waals surface area contributed by atoms with Gasteiger partial charge in [0, 0.05) is 18.7 Å². The molecule has 1 aliphatic rings. The normalized spacial score (nSPS) is 13.6. The maximum atomic E-state index is 13.7. The van der Waals surface area contributed by atoms with Crippen LogP contribution >= 0.6 is 11.5 Å². The second kappa shape index (κ2) is 13.1. The van der Waals surface area contributed by atoms with Gasteiger partial charge in [-0.1, -0.05) is 32.6 Å². The minimum atomic E-state index is -0.546. The van der Waals surface area contributed by atoms with Gasteiger partial charge in [0.15, 0.2) is 5.69 Å². The molecule has 1 aliphatic carbocycles. The number of nitrogens with one attached hydrogen (secondary N) is 2. The highest BCUT2D eigenvalue weighted by molar-refractivity contribution is 7.09. The van der Waals surface area contributed by atoms with Crippen LogP contribution in [0.1, 0.15) is 72.0 Å². The van der Waals surface area contributed by atoms with E-state index >= 15 is 0 Å². The van der Waals surface area contributed by atoms with Crippen molar-refractivity contribution in [1.29, 1.82) is 0 Å². The highest BCUT2D eigenvalue weighted by Gasteiger charge is 2.30. The van der Waals surface area contributed by atoms with E-state index in [-0.39, 0.29) is 40.7 Å². The van der Waals surface area contributed by atoms with Crippen molar-refractivity contribution in [2.75, 3.05) is 37.9 Å². The molecule has 11 heteroatoms. The third kappa shape index (κ3) is 6.66. The Labute approximate surface area is 215 Å². The van der Waals surface area contributed by atoms with Crippen molar-refractivity contribution in [2.45, 2.75) is 57.9 Å². The fourth-order valence-corrected chi connectivity index (χ4v) is 4.86. The predicted molar refractivity (Wildman–Crippen MR) is 140 cm³/mol. The molecule has 10 nitrogen and oxygen atoms in total. The van der Waals surface area contributed by atoms with Crippen LogP contribution in [0.4, 0.5) is 11.4 Å². The van der Waals surface area contributed by atoms with Crippen LogP contribution in [0.3, 0.4) is 0 Å². The van der Waals surface area contributed by atoms with E-state index in [1.54, 1.807) is 18.2 Å². The van der Waals surface area contributed by atoms with Crippen molar-refractivity contribution in [1.82, 2.24) is 15.0 Å². The Morgan fingerprint density at radius 3 is 2.58 bits per heavy atom. The number of carbonyl (C=O) groups excluding carboxylic acids is 3. The molecule has 0 aliphatic heterocycles. The molecule has 0 spiro atoms. The first-order valence-electron chi connectivity index (χ1n) is 12.3. The molecule has 1 saturated carbocycles. The van der Waals surface area contributed by atoms with Crippen molar-refractivity contribution in [3.05, 3.63) is 28.8 Å². The quantitative estimate of drug-likeness (QED) is 0.389. The van der Waals surface area contributed by atoms with Crippen LogP contribution in [0.2, 0.25) is 0 Å². The summed E-state index contributed by atoms with van der Waals surface area (Å²) in [5.74, 6) is -0.374. The highest BCUT2D eigenvalue weighted by atomic mass is 32.1. The Hall–Kier alpha value is -3.34. The van der Waals surface area contributed by atoms with E-state index in [1.807, 2.05) is 6.92 Å². The van der Waals surface area contributed by atoms with Crippen LogP contribution in [0.5, 0.6) is 11.5 Å². The lowest BCUT2D eigenvalue weighted by Crippen LogP contribution is -2.41. The lowest BCUT2D eigenvalue weighted by molar-refractivity contribution is -0.119. The smallest absolute Gasteiger partial charge is 0.273 e. The number of nitrogen functional groups attached to an aromatic ring is 1. The first kappa shape index (κ1) is 27.3. The Kier molecular flexibility index (Phi) is 9.92. The first-order chi connectivity index (χ1) is 17.4. The van der Waals surface area contributed by atoms with E-state index in [1.165, 1.54) is 25.5 Å². The van der Waals surface area contributed by atoms with Gasteiger partial charge in [0.25, 0.3) is 11.8 Å². The molecule has 0 saturated heterocycles. The van der Waals surface area contributed by atoms with E-state index < -0.39 is 5.91 Å². The van der Waals surface area contributed by atoms with Crippen molar-refractivity contribution in [2.24, 2.45) is 0 Å². The van der Waals surface area contributed by atoms with Crippen LogP contribution in [-0.2, 0) is 4.79 Å². The molecule has 1 aromatic heterocycles. The Morgan fingerprint density at radius 2 is 1.92 bits per heavy atom. The summed E-state index contributed by atoms with van der Waals surface area (Å²) >= 11 is 0.843. The monoisotopic (exact) mass is 517 g/mol. The minimum absolute atomic E-state index is 0.00202. The maximum absolute atomic E-state index is 13.7. The largest absolute Gasteiger partial charge is 0.497 e. The van der Waals surface area contributed by atoms with E-state index in [0.29, 0.717) is 23.7 Å². The molecule has 196 valence electrons. The predicted octanol–water partition coefficient (Wildman–Crippen LogP) is 3.37. The van der Waals surface area contributed by atoms with E-state index in [2.05, 4.69) is 15.0 Å². The molecule has 4 N–H and O–H groups in total. The average molecular weight is 518 g/mol. The second-order valence-corrected chi connectivity index (χ2v) is 9.49. The molecule has 0 atom stereocenters. The van der Waals surface area contributed by atoms with Crippen molar-refractivity contribution >= 4 is 40.6 Å². The summed E-state index contributed by atoms with van der Waals surface area (Å²) < 4.78 is 14.9. The van der Waals surface area contributed by atoms with Gasteiger partial charge in [-0.15, -0.1) is 0 Å². The molecule has 1 heterocycles. The van der Waals surface area contributed by atoms with Crippen LogP contribution in [0, 0.1) is 0 Å². The number of rotatable bonds is 11. The Morgan fingerprint density at radius 1 is 1.17 bits per heavy atom. The molecule has 1 aromatic carbocycles. The van der Waals surface area contributed by atoms with Gasteiger partial charge in [0.2, 0.25) is 5.91 Å². The van der Waals surface area contributed by atoms with Gasteiger partial charge in [0.1, 0.15) is 22.9 Å². The van der Waals surface area contributed by atoms with Crippen LogP contribution < -0.4 is 30.7 Å². The van der Waals surface area contributed by atoms with Gasteiger partial charge in [0.05, 0.1) is 25.6 Å². The molecule has 3 rings (SSSR count). The van der Waals surface area contributed by atoms with Gasteiger partial charge in [-0.3, -0.25) is 19.3 Å². The Balaban J connectivity index is 1.88. The number of benzene rings is 1. The fraction of sp³-hybridized carbons (Fsp3) is 0.520. The topological polar surface area (TPSA) is 136 Å². The standard InChI is InChI=1S/C25H35N5O5S/c1-4-5-13-27-20(31)15-30(18-12-11-17(34-2)14-19(18)35-3)25(33)23-21(26)22(29-36-23)24(32)28-16-9-7-6-8-10-16/h11-12,14,16H,4-10,13,15,26H2,1-3H3,(H,27,31)(H,28,32). The number of aromatic nitrogens is 1. The molecule has 1 fully saturated rings. The zero-order valence-corrected chi connectivity index (χ0v) is 21.9. The van der Waals surface area contributed by atoms with Gasteiger partial charge < -0.3 is 25.8 Å². The number of ether oxygens (including phenoxy) is 2. The third-order valence-electron chi connectivity index (χ3n) is 6.15. The summed E-state index contributed by atoms with van der Waals surface area (Å²) in [6.45, 7) is 2.27. The number of hydrogen-bond acceptors (Lipinski definition) is 8. The molecule has 36 heavy (non-hydrogen) atoms. The number of amides is 3. The molecular formula is C25H35N5O5S. The van der Waals surface area contributed by atoms with Crippen molar-refractivity contribution in [3.8, 4) is 11.5 Å².